The van der Waals surface area contributed by atoms with Crippen molar-refractivity contribution in [2.45, 2.75) is 38.8 Å². The Kier molecular flexibility index (Phi) is 6.85. The predicted octanol–water partition coefficient (Wildman–Crippen LogP) is 5.44. The molecule has 0 saturated carbocycles. The zero-order valence-corrected chi connectivity index (χ0v) is 23.0. The van der Waals surface area contributed by atoms with Crippen molar-refractivity contribution in [2.75, 3.05) is 32.2 Å². The Bertz CT molecular complexity index is 1450. The van der Waals surface area contributed by atoms with Gasteiger partial charge in [0, 0.05) is 19.2 Å². The predicted molar refractivity (Wildman–Crippen MR) is 151 cm³/mol. The van der Waals surface area contributed by atoms with Crippen LogP contribution in [0, 0.1) is 0 Å². The van der Waals surface area contributed by atoms with E-state index in [0.717, 1.165) is 22.4 Å². The van der Waals surface area contributed by atoms with Gasteiger partial charge in [-0.25, -0.2) is 0 Å². The molecule has 39 heavy (non-hydrogen) atoms. The number of carbonyl (C=O) groups excluding carboxylic acids is 2. The molecule has 0 spiro atoms. The van der Waals surface area contributed by atoms with Gasteiger partial charge in [0.05, 0.1) is 31.0 Å². The topological polar surface area (TPSA) is 79.3 Å². The highest BCUT2D eigenvalue weighted by atomic mass is 16.5. The van der Waals surface area contributed by atoms with Gasteiger partial charge in [0.15, 0.2) is 0 Å². The third-order valence-corrected chi connectivity index (χ3v) is 7.45. The summed E-state index contributed by atoms with van der Waals surface area (Å²) in [6, 6.07) is 19.9. The van der Waals surface area contributed by atoms with Crippen molar-refractivity contribution >= 4 is 23.1 Å². The first-order valence-electron chi connectivity index (χ1n) is 13.1. The molecule has 2 heterocycles. The standard InChI is InChI=1S/C32H34N2O5/c1-32(2,3)23-12-9-21(10-13-23)28-27(29(35)22-11-14-26-25(18-22)33(4)15-16-39-26)30(36)31(37)34(28)19-20-7-6-8-24(17-20)38-5/h6-14,17-18,28,35H,15-16,19H2,1-5H3/b29-27-. The fourth-order valence-corrected chi connectivity index (χ4v) is 5.18. The number of likely N-dealkylation sites (tertiary alicyclic amines) is 1. The summed E-state index contributed by atoms with van der Waals surface area (Å²) in [5, 5.41) is 11.6. The molecule has 1 saturated heterocycles. The zero-order chi connectivity index (χ0) is 27.9. The van der Waals surface area contributed by atoms with Crippen molar-refractivity contribution in [2.24, 2.45) is 0 Å². The Balaban J connectivity index is 1.63. The van der Waals surface area contributed by atoms with Crippen LogP contribution in [0.3, 0.4) is 0 Å². The van der Waals surface area contributed by atoms with Crippen LogP contribution in [0.15, 0.2) is 72.3 Å². The molecule has 5 rings (SSSR count). The highest BCUT2D eigenvalue weighted by Gasteiger charge is 2.46. The number of carbonyl (C=O) groups is 2. The Morgan fingerprint density at radius 2 is 1.79 bits per heavy atom. The number of aliphatic hydroxyl groups is 1. The first-order valence-corrected chi connectivity index (χ1v) is 13.1. The lowest BCUT2D eigenvalue weighted by Crippen LogP contribution is -2.29. The highest BCUT2D eigenvalue weighted by molar-refractivity contribution is 6.46. The molecule has 1 amide bonds. The van der Waals surface area contributed by atoms with Crippen molar-refractivity contribution in [1.29, 1.82) is 0 Å². The molecule has 0 radical (unpaired) electrons. The first-order chi connectivity index (χ1) is 18.6. The minimum Gasteiger partial charge on any atom is -0.507 e. The molecule has 202 valence electrons. The molecular formula is C32H34N2O5. The van der Waals surface area contributed by atoms with Crippen molar-refractivity contribution < 1.29 is 24.2 Å². The molecule has 0 aliphatic carbocycles. The van der Waals surface area contributed by atoms with Crippen LogP contribution < -0.4 is 14.4 Å². The summed E-state index contributed by atoms with van der Waals surface area (Å²) >= 11 is 0. The molecule has 0 aromatic heterocycles. The number of ether oxygens (including phenoxy) is 2. The van der Waals surface area contributed by atoms with E-state index in [1.165, 1.54) is 4.90 Å². The molecule has 1 atom stereocenters. The summed E-state index contributed by atoms with van der Waals surface area (Å²) < 4.78 is 11.1. The fourth-order valence-electron chi connectivity index (χ4n) is 5.18. The van der Waals surface area contributed by atoms with Crippen LogP contribution in [-0.2, 0) is 21.5 Å². The van der Waals surface area contributed by atoms with Crippen molar-refractivity contribution in [3.8, 4) is 11.5 Å². The molecule has 3 aromatic carbocycles. The van der Waals surface area contributed by atoms with Gasteiger partial charge in [-0.2, -0.15) is 0 Å². The van der Waals surface area contributed by atoms with E-state index in [1.54, 1.807) is 25.3 Å². The third kappa shape index (κ3) is 4.97. The lowest BCUT2D eigenvalue weighted by molar-refractivity contribution is -0.140. The van der Waals surface area contributed by atoms with Crippen LogP contribution >= 0.6 is 0 Å². The molecule has 1 unspecified atom stereocenters. The van der Waals surface area contributed by atoms with E-state index < -0.39 is 17.7 Å². The number of anilines is 1. The van der Waals surface area contributed by atoms with Crippen molar-refractivity contribution in [3.63, 3.8) is 0 Å². The minimum atomic E-state index is -0.754. The maximum atomic E-state index is 13.5. The average molecular weight is 527 g/mol. The molecule has 2 aliphatic heterocycles. The number of methoxy groups -OCH3 is 1. The van der Waals surface area contributed by atoms with Crippen LogP contribution in [0.4, 0.5) is 5.69 Å². The lowest BCUT2D eigenvalue weighted by Gasteiger charge is -2.28. The monoisotopic (exact) mass is 526 g/mol. The summed E-state index contributed by atoms with van der Waals surface area (Å²) in [6.07, 6.45) is 0. The Morgan fingerprint density at radius 1 is 1.05 bits per heavy atom. The summed E-state index contributed by atoms with van der Waals surface area (Å²) in [7, 11) is 3.54. The molecule has 1 fully saturated rings. The van der Waals surface area contributed by atoms with Gasteiger partial charge in [-0.3, -0.25) is 9.59 Å². The molecule has 0 bridgehead atoms. The minimum absolute atomic E-state index is 0.0574. The number of Topliss-reactive ketones (excluding diaryl/α,β-unsaturated/α-hetero) is 1. The number of fused-ring (bicyclic) bond motifs is 1. The first kappa shape index (κ1) is 26.4. The fraction of sp³-hybridized carbons (Fsp3) is 0.312. The van der Waals surface area contributed by atoms with Gasteiger partial charge in [-0.05, 0) is 52.4 Å². The SMILES string of the molecule is COc1cccc(CN2C(=O)C(=O)/C(=C(\O)c3ccc4c(c3)N(C)CCO4)C2c2ccc(C(C)(C)C)cc2)c1. The summed E-state index contributed by atoms with van der Waals surface area (Å²) in [6.45, 7) is 7.87. The Morgan fingerprint density at radius 3 is 2.49 bits per heavy atom. The van der Waals surface area contributed by atoms with Crippen LogP contribution in [0.5, 0.6) is 11.5 Å². The number of hydrogen-bond acceptors (Lipinski definition) is 6. The number of benzene rings is 3. The van der Waals surface area contributed by atoms with Gasteiger partial charge in [0.25, 0.3) is 11.7 Å². The maximum Gasteiger partial charge on any atom is 0.295 e. The van der Waals surface area contributed by atoms with Crippen LogP contribution in [0.25, 0.3) is 5.76 Å². The van der Waals surface area contributed by atoms with Gasteiger partial charge in [-0.15, -0.1) is 0 Å². The van der Waals surface area contributed by atoms with Gasteiger partial charge in [0.1, 0.15) is 23.9 Å². The van der Waals surface area contributed by atoms with Gasteiger partial charge in [0.2, 0.25) is 0 Å². The third-order valence-electron chi connectivity index (χ3n) is 7.45. The second-order valence-electron chi connectivity index (χ2n) is 11.1. The van der Waals surface area contributed by atoms with E-state index in [-0.39, 0.29) is 23.3 Å². The van der Waals surface area contributed by atoms with Crippen molar-refractivity contribution in [1.82, 2.24) is 4.90 Å². The summed E-state index contributed by atoms with van der Waals surface area (Å²) in [5.74, 6) is -0.179. The molecule has 7 nitrogen and oxygen atoms in total. The van der Waals surface area contributed by atoms with Crippen LogP contribution in [-0.4, -0.2) is 49.0 Å². The quantitative estimate of drug-likeness (QED) is 0.271. The van der Waals surface area contributed by atoms with E-state index >= 15 is 0 Å². The van der Waals surface area contributed by atoms with Crippen molar-refractivity contribution in [3.05, 3.63) is 94.6 Å². The molecule has 2 aliphatic rings. The normalized spacial score (nSPS) is 18.6. The number of aliphatic hydroxyl groups excluding tert-OH is 1. The van der Waals surface area contributed by atoms with Gasteiger partial charge >= 0.3 is 0 Å². The highest BCUT2D eigenvalue weighted by Crippen LogP contribution is 2.42. The Labute approximate surface area is 229 Å². The zero-order valence-electron chi connectivity index (χ0n) is 23.0. The molecule has 7 heteroatoms. The number of rotatable bonds is 5. The Hall–Kier alpha value is -4.26. The number of ketones is 1. The smallest absolute Gasteiger partial charge is 0.295 e. The van der Waals surface area contributed by atoms with Gasteiger partial charge in [-0.1, -0.05) is 57.2 Å². The maximum absolute atomic E-state index is 13.5. The van der Waals surface area contributed by atoms with E-state index in [9.17, 15) is 14.7 Å². The second kappa shape index (κ2) is 10.1. The number of hydrogen-bond donors (Lipinski definition) is 1. The second-order valence-corrected chi connectivity index (χ2v) is 11.1. The number of nitrogens with zero attached hydrogens (tertiary/aromatic N) is 2. The van der Waals surface area contributed by atoms with E-state index in [4.69, 9.17) is 9.47 Å². The summed E-state index contributed by atoms with van der Waals surface area (Å²) in [5.41, 5.74) is 4.01. The van der Waals surface area contributed by atoms with E-state index in [1.807, 2.05) is 60.5 Å². The van der Waals surface area contributed by atoms with Crippen LogP contribution in [0.1, 0.15) is 49.1 Å². The molecule has 1 N–H and O–H groups in total. The molecular weight excluding hydrogens is 492 g/mol. The lowest BCUT2D eigenvalue weighted by atomic mass is 9.85. The largest absolute Gasteiger partial charge is 0.507 e. The number of amides is 1. The van der Waals surface area contributed by atoms with E-state index in [2.05, 4.69) is 20.8 Å². The van der Waals surface area contributed by atoms with Crippen LogP contribution in [0.2, 0.25) is 0 Å². The molecule has 3 aromatic rings. The van der Waals surface area contributed by atoms with Gasteiger partial charge < -0.3 is 24.4 Å². The average Bonchev–Trinajstić information content (AvgIpc) is 3.17. The van der Waals surface area contributed by atoms with E-state index in [0.29, 0.717) is 30.2 Å². The summed E-state index contributed by atoms with van der Waals surface area (Å²) in [4.78, 5) is 30.6. The number of likely N-dealkylation sites (N-methyl/N-ethyl adjacent to an activating group) is 1.